The van der Waals surface area contributed by atoms with Crippen LogP contribution in [0.15, 0.2) is 59.4 Å². The summed E-state index contributed by atoms with van der Waals surface area (Å²) < 4.78 is 0. The second kappa shape index (κ2) is 16.0. The Kier molecular flexibility index (Phi) is 18.9. The van der Waals surface area contributed by atoms with Gasteiger partial charge in [0.25, 0.3) is 0 Å². The van der Waals surface area contributed by atoms with Crippen molar-refractivity contribution >= 4 is 53.7 Å². The standard InChI is InChI=1S/C13H9BrN.C5H5.2CH3.2ClH.Si.Zr/c1-8-5-9-7-12-10(3-2-4-15-12)13(14)11(9)6-8;1-2-4-5-3-1;;;;;;/h2-4,6-7,13H,1H3;1-3H,4H2;2*1H3;2*1H;;/q4*-1;;;;. The van der Waals surface area contributed by atoms with Crippen LogP contribution < -0.4 is 0 Å². The van der Waals surface area contributed by atoms with Gasteiger partial charge in [0.2, 0.25) is 0 Å². The van der Waals surface area contributed by atoms with Crippen molar-refractivity contribution in [3.8, 4) is 0 Å². The zero-order valence-corrected chi connectivity index (χ0v) is 21.7. The van der Waals surface area contributed by atoms with E-state index < -0.39 is 0 Å². The monoisotopic (exact) mass is 543 g/mol. The average molecular weight is 547 g/mol. The van der Waals surface area contributed by atoms with Crippen molar-refractivity contribution in [3.05, 3.63) is 97.6 Å². The van der Waals surface area contributed by atoms with Gasteiger partial charge < -0.3 is 14.9 Å². The molecule has 0 bridgehead atoms. The molecular formula is C20H22BrCl2NSiZr-4. The zero-order valence-electron chi connectivity index (χ0n) is 15.0. The molecule has 3 aliphatic rings. The van der Waals surface area contributed by atoms with Crippen LogP contribution in [-0.4, -0.2) is 11.9 Å². The van der Waals surface area contributed by atoms with E-state index in [0.717, 1.165) is 12.1 Å². The molecule has 1 heterocycles. The van der Waals surface area contributed by atoms with E-state index in [4.69, 9.17) is 0 Å². The predicted octanol–water partition coefficient (Wildman–Crippen LogP) is 6.27. The van der Waals surface area contributed by atoms with E-state index >= 15 is 0 Å². The number of pyridine rings is 1. The van der Waals surface area contributed by atoms with E-state index in [9.17, 15) is 0 Å². The third-order valence-corrected chi connectivity index (χ3v) is 4.29. The Morgan fingerprint density at radius 1 is 1.23 bits per heavy atom. The molecule has 0 spiro atoms. The van der Waals surface area contributed by atoms with E-state index in [2.05, 4.69) is 71.2 Å². The summed E-state index contributed by atoms with van der Waals surface area (Å²) in [4.78, 5) is 4.63. The second-order valence-electron chi connectivity index (χ2n) is 4.81. The number of hydrogen-bond donors (Lipinski definition) is 0. The summed E-state index contributed by atoms with van der Waals surface area (Å²) in [6, 6.07) is 4.09. The first-order chi connectivity index (χ1) is 10.8. The van der Waals surface area contributed by atoms with Crippen molar-refractivity contribution in [3.63, 3.8) is 0 Å². The number of fused-ring (bicyclic) bond motifs is 2. The molecule has 0 saturated heterocycles. The number of aromatic nitrogens is 1. The quantitative estimate of drug-likeness (QED) is 0.212. The maximum atomic E-state index is 4.37. The number of nitrogens with zero attached hydrogens (tertiary/aromatic N) is 1. The topological polar surface area (TPSA) is 12.9 Å². The van der Waals surface area contributed by atoms with E-state index in [1.807, 2.05) is 24.4 Å². The van der Waals surface area contributed by atoms with Crippen LogP contribution >= 0.6 is 40.7 Å². The molecule has 2 radical (unpaired) electrons. The van der Waals surface area contributed by atoms with Gasteiger partial charge in [0.15, 0.2) is 0 Å². The molecular weight excluding hydrogens is 524 g/mol. The molecule has 0 aromatic carbocycles. The number of halogens is 3. The third kappa shape index (κ3) is 7.94. The van der Waals surface area contributed by atoms with Gasteiger partial charge in [0.05, 0.1) is 0 Å². The maximum absolute atomic E-state index is 4.37. The molecule has 0 amide bonds. The van der Waals surface area contributed by atoms with Crippen LogP contribution in [0.4, 0.5) is 0 Å². The molecule has 1 nitrogen and oxygen atoms in total. The summed E-state index contributed by atoms with van der Waals surface area (Å²) in [6.07, 6.45) is 19.5. The zero-order chi connectivity index (χ0) is 15.9. The summed E-state index contributed by atoms with van der Waals surface area (Å²) in [5.74, 6) is 0. The first-order valence-corrected chi connectivity index (χ1v) is 12.0. The van der Waals surface area contributed by atoms with Crippen LogP contribution in [-0.2, 0) is 23.3 Å². The van der Waals surface area contributed by atoms with Gasteiger partial charge in [-0.2, -0.15) is 17.7 Å². The minimum absolute atomic E-state index is 0. The van der Waals surface area contributed by atoms with Crippen LogP contribution in [0.5, 0.6) is 0 Å². The fourth-order valence-electron chi connectivity index (χ4n) is 2.37. The fraction of sp³-hybridized carbons (Fsp3) is 0.150. The van der Waals surface area contributed by atoms with Crippen molar-refractivity contribution in [1.82, 2.24) is 4.98 Å². The van der Waals surface area contributed by atoms with Crippen LogP contribution in [0.3, 0.4) is 0 Å². The predicted molar refractivity (Wildman–Crippen MR) is 119 cm³/mol. The third-order valence-electron chi connectivity index (χ3n) is 3.30. The summed E-state index contributed by atoms with van der Waals surface area (Å²) in [5, 5.41) is 0. The van der Waals surface area contributed by atoms with Gasteiger partial charge in [-0.1, -0.05) is 28.9 Å². The van der Waals surface area contributed by atoms with E-state index in [-0.39, 0.29) is 44.5 Å². The van der Waals surface area contributed by atoms with Crippen molar-refractivity contribution in [2.75, 3.05) is 0 Å². The summed E-state index contributed by atoms with van der Waals surface area (Å²) in [6.45, 7) is 5.14. The van der Waals surface area contributed by atoms with E-state index in [1.54, 1.807) is 0 Å². The Bertz CT molecular complexity index is 702. The van der Waals surface area contributed by atoms with Gasteiger partial charge in [-0.25, -0.2) is 12.2 Å². The van der Waals surface area contributed by atoms with Gasteiger partial charge in [0, 0.05) is 16.7 Å². The minimum atomic E-state index is 0. The van der Waals surface area contributed by atoms with Crippen molar-refractivity contribution in [2.24, 2.45) is 0 Å². The van der Waals surface area contributed by atoms with Crippen molar-refractivity contribution < 1.29 is 23.3 Å². The first-order valence-electron chi connectivity index (χ1n) is 6.85. The molecule has 1 atom stereocenters. The molecule has 4 rings (SSSR count). The Balaban J connectivity index is -0.000000420. The van der Waals surface area contributed by atoms with Gasteiger partial charge in [-0.3, -0.25) is 11.1 Å². The Labute approximate surface area is 196 Å². The van der Waals surface area contributed by atoms with Crippen LogP contribution in [0, 0.1) is 27.0 Å². The molecule has 0 aliphatic heterocycles. The van der Waals surface area contributed by atoms with Crippen LogP contribution in [0.1, 0.15) is 29.4 Å². The van der Waals surface area contributed by atoms with E-state index in [1.165, 1.54) is 45.6 Å². The number of allylic oxidation sites excluding steroid dienone is 9. The molecule has 1 aromatic rings. The number of hydrogen-bond acceptors (Lipinski definition) is 1. The summed E-state index contributed by atoms with van der Waals surface area (Å²) >= 11 is 5.07. The first kappa shape index (κ1) is 30.7. The molecule has 1 aromatic heterocycles. The second-order valence-corrected chi connectivity index (χ2v) is 5.72. The number of rotatable bonds is 0. The molecule has 6 heteroatoms. The molecule has 0 fully saturated rings. The van der Waals surface area contributed by atoms with E-state index in [0.29, 0.717) is 0 Å². The summed E-state index contributed by atoms with van der Waals surface area (Å²) in [5.41, 5.74) is 5.94. The Morgan fingerprint density at radius 2 is 1.92 bits per heavy atom. The molecule has 140 valence electrons. The van der Waals surface area contributed by atoms with Crippen molar-refractivity contribution in [2.45, 2.75) is 18.2 Å². The fourth-order valence-corrected chi connectivity index (χ4v) is 3.14. The number of alkyl halides is 1. The van der Waals surface area contributed by atoms with Crippen molar-refractivity contribution in [1.29, 1.82) is 0 Å². The molecule has 1 unspecified atom stereocenters. The van der Waals surface area contributed by atoms with Crippen LogP contribution in [0.2, 0.25) is 0 Å². The van der Waals surface area contributed by atoms with Gasteiger partial charge in [-0.05, 0) is 11.6 Å². The van der Waals surface area contributed by atoms with Crippen LogP contribution in [0.25, 0.3) is 6.08 Å². The SMILES string of the molecule is CC1=[C-]C2=Cc3ncccc3C(Br)C2=C1.Cl.Cl.[C-]1=CC=CC1.[CH3-].[CH3-].[Si]=[Zr]. The molecule has 3 aliphatic carbocycles. The van der Waals surface area contributed by atoms with Gasteiger partial charge in [0.1, 0.15) is 0 Å². The normalized spacial score (nSPS) is 16.5. The molecule has 26 heavy (non-hydrogen) atoms. The van der Waals surface area contributed by atoms with Gasteiger partial charge in [-0.15, -0.1) is 54.5 Å². The van der Waals surface area contributed by atoms with Gasteiger partial charge >= 0.3 is 30.2 Å². The molecule has 0 N–H and O–H groups in total. The average Bonchev–Trinajstić information content (AvgIpc) is 3.22. The Hall–Kier alpha value is 0.0100. The Morgan fingerprint density at radius 3 is 2.46 bits per heavy atom. The molecule has 0 saturated carbocycles. The summed E-state index contributed by atoms with van der Waals surface area (Å²) in [7, 11) is 0.